The number of rotatable bonds is 5. The van der Waals surface area contributed by atoms with Crippen LogP contribution in [0.2, 0.25) is 0 Å². The number of likely N-dealkylation sites (tertiary alicyclic amines) is 1. The minimum atomic E-state index is -0.379. The summed E-state index contributed by atoms with van der Waals surface area (Å²) in [7, 11) is 1.52. The molecule has 0 aromatic rings. The van der Waals surface area contributed by atoms with Gasteiger partial charge in [-0.1, -0.05) is 0 Å². The molecule has 1 aliphatic heterocycles. The van der Waals surface area contributed by atoms with Crippen LogP contribution in [-0.2, 0) is 14.3 Å². The molecule has 2 atom stereocenters. The van der Waals surface area contributed by atoms with E-state index in [1.165, 1.54) is 14.0 Å². The van der Waals surface area contributed by atoms with Crippen LogP contribution in [0.3, 0.4) is 0 Å². The van der Waals surface area contributed by atoms with Gasteiger partial charge in [0.1, 0.15) is 0 Å². The van der Waals surface area contributed by atoms with Gasteiger partial charge in [-0.3, -0.25) is 9.59 Å². The van der Waals surface area contributed by atoms with Gasteiger partial charge in [-0.15, -0.1) is 0 Å². The highest BCUT2D eigenvalue weighted by Crippen LogP contribution is 2.16. The Morgan fingerprint density at radius 2 is 2.28 bits per heavy atom. The Hall–Kier alpha value is -1.14. The van der Waals surface area contributed by atoms with Crippen LogP contribution in [0.5, 0.6) is 0 Å². The molecule has 18 heavy (non-hydrogen) atoms. The Bertz CT molecular complexity index is 296. The second-order valence-electron chi connectivity index (χ2n) is 4.65. The molecule has 1 rings (SSSR count). The van der Waals surface area contributed by atoms with E-state index in [2.05, 4.69) is 5.32 Å². The zero-order valence-electron chi connectivity index (χ0n) is 11.0. The summed E-state index contributed by atoms with van der Waals surface area (Å²) in [4.78, 5) is 25.0. The van der Waals surface area contributed by atoms with Crippen molar-refractivity contribution < 1.29 is 19.4 Å². The Kier molecular flexibility index (Phi) is 6.07. The molecule has 104 valence electrons. The number of ether oxygens (including phenoxy) is 1. The minimum absolute atomic E-state index is 0.00287. The van der Waals surface area contributed by atoms with Crippen molar-refractivity contribution in [2.75, 3.05) is 33.4 Å². The van der Waals surface area contributed by atoms with E-state index in [0.29, 0.717) is 6.54 Å². The summed E-state index contributed by atoms with van der Waals surface area (Å²) in [6.07, 6.45) is 1.62. The van der Waals surface area contributed by atoms with E-state index in [9.17, 15) is 9.59 Å². The zero-order chi connectivity index (χ0) is 13.5. The monoisotopic (exact) mass is 258 g/mol. The molecule has 0 saturated carbocycles. The topological polar surface area (TPSA) is 78.9 Å². The van der Waals surface area contributed by atoms with E-state index in [1.807, 2.05) is 0 Å². The molecule has 6 nitrogen and oxygen atoms in total. The fourth-order valence-electron chi connectivity index (χ4n) is 2.14. The summed E-state index contributed by atoms with van der Waals surface area (Å²) in [6.45, 7) is 2.84. The van der Waals surface area contributed by atoms with Gasteiger partial charge in [0.2, 0.25) is 11.8 Å². The predicted molar refractivity (Wildman–Crippen MR) is 65.9 cm³/mol. The van der Waals surface area contributed by atoms with E-state index >= 15 is 0 Å². The molecular formula is C12H22N2O4. The van der Waals surface area contributed by atoms with Crippen LogP contribution in [0.1, 0.15) is 19.8 Å². The highest BCUT2D eigenvalue weighted by Gasteiger charge is 2.28. The third-order valence-electron chi connectivity index (χ3n) is 3.17. The number of carbonyl (C=O) groups excluding carboxylic acids is 2. The lowest BCUT2D eigenvalue weighted by Gasteiger charge is -2.32. The van der Waals surface area contributed by atoms with Crippen LogP contribution in [0.25, 0.3) is 0 Å². The lowest BCUT2D eigenvalue weighted by molar-refractivity contribution is -0.134. The number of carbonyl (C=O) groups is 2. The third-order valence-corrected chi connectivity index (χ3v) is 3.17. The molecule has 0 aromatic carbocycles. The molecule has 1 saturated heterocycles. The van der Waals surface area contributed by atoms with Gasteiger partial charge in [0, 0.05) is 27.1 Å². The summed E-state index contributed by atoms with van der Waals surface area (Å²) in [5.74, 6) is -0.297. The number of nitrogens with zero attached hydrogens (tertiary/aromatic N) is 1. The van der Waals surface area contributed by atoms with Gasteiger partial charge in [0.25, 0.3) is 0 Å². The number of piperidine rings is 1. The van der Waals surface area contributed by atoms with E-state index < -0.39 is 0 Å². The van der Waals surface area contributed by atoms with E-state index in [1.54, 1.807) is 4.90 Å². The molecule has 2 N–H and O–H groups in total. The number of aliphatic hydroxyl groups excluding tert-OH is 1. The highest BCUT2D eigenvalue weighted by atomic mass is 16.5. The van der Waals surface area contributed by atoms with Crippen molar-refractivity contribution in [2.24, 2.45) is 5.92 Å². The van der Waals surface area contributed by atoms with Crippen LogP contribution in [0, 0.1) is 5.92 Å². The molecule has 0 aromatic heterocycles. The minimum Gasteiger partial charge on any atom is -0.394 e. The maximum atomic E-state index is 12.0. The lowest BCUT2D eigenvalue weighted by atomic mass is 9.97. The maximum Gasteiger partial charge on any atom is 0.225 e. The molecule has 2 unspecified atom stereocenters. The van der Waals surface area contributed by atoms with Crippen LogP contribution < -0.4 is 5.32 Å². The molecule has 1 heterocycles. The number of hydrogen-bond acceptors (Lipinski definition) is 4. The molecule has 1 fully saturated rings. The molecule has 6 heteroatoms. The number of methoxy groups -OCH3 is 1. The van der Waals surface area contributed by atoms with Crippen molar-refractivity contribution in [3.8, 4) is 0 Å². The first-order valence-electron chi connectivity index (χ1n) is 6.24. The summed E-state index contributed by atoms with van der Waals surface area (Å²) in [5.41, 5.74) is 0. The molecule has 0 bridgehead atoms. The molecular weight excluding hydrogens is 236 g/mol. The van der Waals surface area contributed by atoms with Crippen molar-refractivity contribution in [1.29, 1.82) is 0 Å². The Balaban J connectivity index is 2.47. The average Bonchev–Trinajstić information content (AvgIpc) is 2.38. The maximum absolute atomic E-state index is 12.0. The van der Waals surface area contributed by atoms with Crippen LogP contribution >= 0.6 is 0 Å². The van der Waals surface area contributed by atoms with Gasteiger partial charge in [0.05, 0.1) is 25.2 Å². The summed E-state index contributed by atoms with van der Waals surface area (Å²) < 4.78 is 4.90. The van der Waals surface area contributed by atoms with E-state index in [-0.39, 0.29) is 37.0 Å². The van der Waals surface area contributed by atoms with Crippen LogP contribution in [0.15, 0.2) is 0 Å². The average molecular weight is 258 g/mol. The molecule has 1 aliphatic rings. The normalized spacial score (nSPS) is 21.5. The van der Waals surface area contributed by atoms with Gasteiger partial charge in [0.15, 0.2) is 0 Å². The Labute approximate surface area is 107 Å². The van der Waals surface area contributed by atoms with Gasteiger partial charge in [-0.05, 0) is 12.8 Å². The summed E-state index contributed by atoms with van der Waals surface area (Å²) >= 11 is 0. The predicted octanol–water partition coefficient (Wildman–Crippen LogP) is -0.632. The molecule has 0 spiro atoms. The molecule has 2 amide bonds. The molecule has 0 aliphatic carbocycles. The van der Waals surface area contributed by atoms with Crippen molar-refractivity contribution in [3.05, 3.63) is 0 Å². The first kappa shape index (κ1) is 14.9. The van der Waals surface area contributed by atoms with Gasteiger partial charge in [-0.2, -0.15) is 0 Å². The summed E-state index contributed by atoms with van der Waals surface area (Å²) in [6, 6.07) is -0.379. The fourth-order valence-corrected chi connectivity index (χ4v) is 2.14. The zero-order valence-corrected chi connectivity index (χ0v) is 11.0. The highest BCUT2D eigenvalue weighted by molar-refractivity contribution is 5.80. The van der Waals surface area contributed by atoms with Gasteiger partial charge >= 0.3 is 0 Å². The van der Waals surface area contributed by atoms with E-state index in [4.69, 9.17) is 9.84 Å². The van der Waals surface area contributed by atoms with Gasteiger partial charge < -0.3 is 20.1 Å². The van der Waals surface area contributed by atoms with Crippen molar-refractivity contribution in [2.45, 2.75) is 25.8 Å². The fraction of sp³-hybridized carbons (Fsp3) is 0.833. The van der Waals surface area contributed by atoms with Gasteiger partial charge in [-0.25, -0.2) is 0 Å². The lowest BCUT2D eigenvalue weighted by Crippen LogP contribution is -2.49. The number of amides is 2. The second kappa shape index (κ2) is 7.33. The van der Waals surface area contributed by atoms with Crippen molar-refractivity contribution in [3.63, 3.8) is 0 Å². The quantitative estimate of drug-likeness (QED) is 0.688. The molecule has 0 radical (unpaired) electrons. The first-order valence-corrected chi connectivity index (χ1v) is 6.24. The van der Waals surface area contributed by atoms with Crippen molar-refractivity contribution in [1.82, 2.24) is 10.2 Å². The number of hydrogen-bond donors (Lipinski definition) is 2. The smallest absolute Gasteiger partial charge is 0.225 e. The third kappa shape index (κ3) is 4.27. The Morgan fingerprint density at radius 3 is 2.83 bits per heavy atom. The number of nitrogens with one attached hydrogen (secondary N) is 1. The summed E-state index contributed by atoms with van der Waals surface area (Å²) in [5, 5.41) is 11.8. The number of aliphatic hydroxyl groups is 1. The van der Waals surface area contributed by atoms with Crippen LogP contribution in [-0.4, -0.2) is 61.3 Å². The standard InChI is InChI=1S/C12H22N2O4/c1-9(16)14-5-3-4-10(6-14)12(17)13-11(7-15)8-18-2/h10-11,15H,3-8H2,1-2H3,(H,13,17). The second-order valence-corrected chi connectivity index (χ2v) is 4.65. The SMILES string of the molecule is COCC(CO)NC(=O)C1CCCN(C(C)=O)C1. The van der Waals surface area contributed by atoms with E-state index in [0.717, 1.165) is 19.4 Å². The van der Waals surface area contributed by atoms with Crippen LogP contribution in [0.4, 0.5) is 0 Å². The largest absolute Gasteiger partial charge is 0.394 e. The first-order chi connectivity index (χ1) is 8.58. The Morgan fingerprint density at radius 1 is 1.56 bits per heavy atom. The van der Waals surface area contributed by atoms with Crippen molar-refractivity contribution >= 4 is 11.8 Å².